The van der Waals surface area contributed by atoms with Crippen molar-refractivity contribution in [3.05, 3.63) is 108 Å². The zero-order chi connectivity index (χ0) is 24.2. The number of imide groups is 1. The van der Waals surface area contributed by atoms with Gasteiger partial charge in [0.1, 0.15) is 18.1 Å². The van der Waals surface area contributed by atoms with Gasteiger partial charge in [0.25, 0.3) is 11.8 Å². The Hall–Kier alpha value is -4.45. The predicted molar refractivity (Wildman–Crippen MR) is 131 cm³/mol. The molecule has 0 aromatic heterocycles. The molecule has 0 fully saturated rings. The van der Waals surface area contributed by atoms with Gasteiger partial charge in [-0.1, -0.05) is 54.6 Å². The summed E-state index contributed by atoms with van der Waals surface area (Å²) in [6, 6.07) is 27.5. The Kier molecular flexibility index (Phi) is 6.26. The summed E-state index contributed by atoms with van der Waals surface area (Å²) >= 11 is 0. The first kappa shape index (κ1) is 22.3. The van der Waals surface area contributed by atoms with E-state index in [2.05, 4.69) is 0 Å². The number of hydrogen-bond acceptors (Lipinski definition) is 5. The number of carbonyl (C=O) groups excluding carboxylic acids is 3. The van der Waals surface area contributed by atoms with Gasteiger partial charge in [-0.25, -0.2) is 0 Å². The number of amides is 2. The van der Waals surface area contributed by atoms with E-state index in [9.17, 15) is 14.4 Å². The molecule has 0 N–H and O–H groups in total. The highest BCUT2D eigenvalue weighted by molar-refractivity contribution is 6.25. The Balaban J connectivity index is 1.13. The fraction of sp³-hybridized carbons (Fsp3) is 0.138. The molecule has 4 aromatic rings. The van der Waals surface area contributed by atoms with Crippen LogP contribution in [0.1, 0.15) is 39.1 Å². The molecule has 1 aliphatic rings. The van der Waals surface area contributed by atoms with E-state index >= 15 is 0 Å². The number of hydrogen-bond donors (Lipinski definition) is 0. The Morgan fingerprint density at radius 3 is 2.00 bits per heavy atom. The minimum atomic E-state index is -0.428. The number of nitrogens with zero attached hydrogens (tertiary/aromatic N) is 1. The van der Waals surface area contributed by atoms with Gasteiger partial charge in [-0.2, -0.15) is 0 Å². The van der Waals surface area contributed by atoms with Gasteiger partial charge < -0.3 is 9.47 Å². The quantitative estimate of drug-likeness (QED) is 0.198. The normalized spacial score (nSPS) is 12.6. The smallest absolute Gasteiger partial charge is 0.311 e. The zero-order valence-electron chi connectivity index (χ0n) is 19.0. The topological polar surface area (TPSA) is 72.9 Å². The van der Waals surface area contributed by atoms with E-state index in [0.29, 0.717) is 41.0 Å². The van der Waals surface area contributed by atoms with Crippen molar-refractivity contribution < 1.29 is 23.9 Å². The summed E-state index contributed by atoms with van der Waals surface area (Å²) in [5.41, 5.74) is 2.08. The lowest BCUT2D eigenvalue weighted by Crippen LogP contribution is -2.41. The summed E-state index contributed by atoms with van der Waals surface area (Å²) in [7, 11) is 0. The molecule has 6 nitrogen and oxygen atoms in total. The summed E-state index contributed by atoms with van der Waals surface area (Å²) in [4.78, 5) is 39.4. The first-order valence-corrected chi connectivity index (χ1v) is 11.5. The van der Waals surface area contributed by atoms with Gasteiger partial charge in [-0.15, -0.1) is 0 Å². The average Bonchev–Trinajstić information content (AvgIpc) is 2.89. The van der Waals surface area contributed by atoms with E-state index in [-0.39, 0.29) is 24.8 Å². The minimum Gasteiger partial charge on any atom is -0.489 e. The number of ether oxygens (including phenoxy) is 2. The third kappa shape index (κ3) is 4.77. The number of carbonyl (C=O) groups is 3. The number of rotatable bonds is 8. The molecule has 0 bridgehead atoms. The molecule has 2 amide bonds. The predicted octanol–water partition coefficient (Wildman–Crippen LogP) is 5.40. The van der Waals surface area contributed by atoms with Gasteiger partial charge in [0.05, 0.1) is 0 Å². The Morgan fingerprint density at radius 1 is 0.714 bits per heavy atom. The second-order valence-electron chi connectivity index (χ2n) is 8.29. The fourth-order valence-corrected chi connectivity index (χ4v) is 4.19. The Labute approximate surface area is 202 Å². The minimum absolute atomic E-state index is 0.0785. The monoisotopic (exact) mass is 465 g/mol. The molecule has 0 radical (unpaired) electrons. The first-order chi connectivity index (χ1) is 17.1. The molecular formula is C29H23NO5. The number of benzene rings is 4. The largest absolute Gasteiger partial charge is 0.489 e. The van der Waals surface area contributed by atoms with Crippen molar-refractivity contribution in [3.63, 3.8) is 0 Å². The van der Waals surface area contributed by atoms with Crippen molar-refractivity contribution in [2.24, 2.45) is 0 Å². The van der Waals surface area contributed by atoms with E-state index in [1.54, 1.807) is 36.4 Å². The van der Waals surface area contributed by atoms with E-state index in [4.69, 9.17) is 9.47 Å². The van der Waals surface area contributed by atoms with E-state index in [0.717, 1.165) is 10.9 Å². The Morgan fingerprint density at radius 2 is 1.34 bits per heavy atom. The van der Waals surface area contributed by atoms with Crippen molar-refractivity contribution in [1.29, 1.82) is 0 Å². The maximum Gasteiger partial charge on any atom is 0.311 e. The van der Waals surface area contributed by atoms with Crippen molar-refractivity contribution >= 4 is 28.6 Å². The molecule has 0 aliphatic carbocycles. The molecule has 0 saturated heterocycles. The van der Waals surface area contributed by atoms with Crippen molar-refractivity contribution in [3.8, 4) is 11.5 Å². The average molecular weight is 466 g/mol. The lowest BCUT2D eigenvalue weighted by molar-refractivity contribution is -0.134. The van der Waals surface area contributed by atoms with Crippen LogP contribution in [-0.2, 0) is 11.4 Å². The van der Waals surface area contributed by atoms with Crippen LogP contribution in [0.5, 0.6) is 11.5 Å². The van der Waals surface area contributed by atoms with Crippen LogP contribution < -0.4 is 9.47 Å². The second-order valence-corrected chi connectivity index (χ2v) is 8.29. The lowest BCUT2D eigenvalue weighted by atomic mass is 9.94. The van der Waals surface area contributed by atoms with Gasteiger partial charge >= 0.3 is 5.97 Å². The van der Waals surface area contributed by atoms with Crippen LogP contribution in [-0.4, -0.2) is 29.2 Å². The highest BCUT2D eigenvalue weighted by Gasteiger charge is 2.32. The fourth-order valence-electron chi connectivity index (χ4n) is 4.19. The molecular weight excluding hydrogens is 442 g/mol. The highest BCUT2D eigenvalue weighted by atomic mass is 16.5. The summed E-state index contributed by atoms with van der Waals surface area (Å²) in [6.45, 7) is 0.594. The maximum atomic E-state index is 12.9. The van der Waals surface area contributed by atoms with E-state index < -0.39 is 5.97 Å². The maximum absolute atomic E-state index is 12.9. The molecule has 0 unspecified atom stereocenters. The summed E-state index contributed by atoms with van der Waals surface area (Å²) in [5, 5.41) is 1.55. The molecule has 0 atom stereocenters. The van der Waals surface area contributed by atoms with E-state index in [1.165, 1.54) is 4.90 Å². The number of esters is 1. The standard InChI is InChI=1S/C29H23NO5/c31-26(35-23-16-14-22(15-17-23)34-19-20-7-2-1-3-8-20)13-6-18-30-28(32)24-11-4-9-21-10-5-12-25(27(21)24)29(30)33/h1-5,7-12,14-17H,6,13,18-19H2. The molecule has 1 heterocycles. The second kappa shape index (κ2) is 9.81. The van der Waals surface area contributed by atoms with Crippen molar-refractivity contribution in [2.75, 3.05) is 6.54 Å². The molecule has 5 rings (SSSR count). The Bertz CT molecular complexity index is 1350. The third-order valence-electron chi connectivity index (χ3n) is 5.92. The van der Waals surface area contributed by atoms with Crippen LogP contribution in [0.15, 0.2) is 91.0 Å². The molecule has 0 saturated carbocycles. The van der Waals surface area contributed by atoms with Crippen LogP contribution in [0.3, 0.4) is 0 Å². The van der Waals surface area contributed by atoms with Gasteiger partial charge in [-0.3, -0.25) is 19.3 Å². The third-order valence-corrected chi connectivity index (χ3v) is 5.92. The van der Waals surface area contributed by atoms with Crippen LogP contribution in [0.25, 0.3) is 10.8 Å². The van der Waals surface area contributed by atoms with Gasteiger partial charge in [0.15, 0.2) is 0 Å². The summed E-state index contributed by atoms with van der Waals surface area (Å²) in [5.74, 6) is -0.0150. The van der Waals surface area contributed by atoms with E-state index in [1.807, 2.05) is 54.6 Å². The molecule has 174 valence electrons. The SMILES string of the molecule is O=C(CCCN1C(=O)c2cccc3cccc(c23)C1=O)Oc1ccc(OCc2ccccc2)cc1. The molecule has 0 spiro atoms. The van der Waals surface area contributed by atoms with Gasteiger partial charge in [-0.05, 0) is 53.8 Å². The van der Waals surface area contributed by atoms with Crippen LogP contribution >= 0.6 is 0 Å². The molecule has 1 aliphatic heterocycles. The summed E-state index contributed by atoms with van der Waals surface area (Å²) < 4.78 is 11.1. The zero-order valence-corrected chi connectivity index (χ0v) is 19.0. The molecule has 6 heteroatoms. The molecule has 4 aromatic carbocycles. The van der Waals surface area contributed by atoms with Crippen molar-refractivity contribution in [2.45, 2.75) is 19.4 Å². The summed E-state index contributed by atoms with van der Waals surface area (Å²) in [6.07, 6.45) is 0.391. The van der Waals surface area contributed by atoms with Crippen molar-refractivity contribution in [1.82, 2.24) is 4.90 Å². The van der Waals surface area contributed by atoms with Gasteiger partial charge in [0.2, 0.25) is 0 Å². The first-order valence-electron chi connectivity index (χ1n) is 11.5. The van der Waals surface area contributed by atoms with Crippen LogP contribution in [0.2, 0.25) is 0 Å². The van der Waals surface area contributed by atoms with Gasteiger partial charge in [0, 0.05) is 29.5 Å². The van der Waals surface area contributed by atoms with Crippen LogP contribution in [0.4, 0.5) is 0 Å². The lowest BCUT2D eigenvalue weighted by Gasteiger charge is -2.27. The molecule has 35 heavy (non-hydrogen) atoms. The van der Waals surface area contributed by atoms with Crippen LogP contribution in [0, 0.1) is 0 Å². The highest BCUT2D eigenvalue weighted by Crippen LogP contribution is 2.30.